The molecule has 3 fully saturated rings. The van der Waals surface area contributed by atoms with Crippen LogP contribution in [0.4, 0.5) is 4.79 Å². The minimum absolute atomic E-state index is 0.0830. The van der Waals surface area contributed by atoms with Gasteiger partial charge >= 0.3 is 13.2 Å². The van der Waals surface area contributed by atoms with Crippen molar-refractivity contribution in [2.45, 2.75) is 97.1 Å². The van der Waals surface area contributed by atoms with E-state index in [0.29, 0.717) is 29.1 Å². The number of furan rings is 1. The van der Waals surface area contributed by atoms with Crippen LogP contribution in [0.5, 0.6) is 5.75 Å². The molecule has 0 radical (unpaired) electrons. The van der Waals surface area contributed by atoms with E-state index in [1.54, 1.807) is 19.2 Å². The van der Waals surface area contributed by atoms with Crippen molar-refractivity contribution in [3.05, 3.63) is 23.3 Å². The molecule has 10 heteroatoms. The van der Waals surface area contributed by atoms with Gasteiger partial charge in [-0.1, -0.05) is 0 Å². The van der Waals surface area contributed by atoms with Crippen molar-refractivity contribution in [3.8, 4) is 5.75 Å². The number of nitrogens with one attached hydrogen (secondary N) is 1. The molecule has 1 saturated carbocycles. The van der Waals surface area contributed by atoms with E-state index in [-0.39, 0.29) is 23.9 Å². The number of ether oxygens (including phenoxy) is 2. The molecule has 2 bridgehead atoms. The monoisotopic (exact) mass is 526 g/mol. The van der Waals surface area contributed by atoms with Crippen molar-refractivity contribution in [2.24, 2.45) is 5.92 Å². The molecular weight excluding hydrogens is 487 g/mol. The number of carbonyl (C=O) groups is 2. The van der Waals surface area contributed by atoms with Crippen molar-refractivity contribution in [1.29, 1.82) is 0 Å². The van der Waals surface area contributed by atoms with Gasteiger partial charge in [-0.25, -0.2) is 4.79 Å². The van der Waals surface area contributed by atoms with Crippen molar-refractivity contribution in [2.75, 3.05) is 13.7 Å². The molecule has 2 unspecified atom stereocenters. The number of piperidine rings is 1. The van der Waals surface area contributed by atoms with Gasteiger partial charge in [0, 0.05) is 12.1 Å². The van der Waals surface area contributed by atoms with Gasteiger partial charge in [-0.3, -0.25) is 4.79 Å². The highest BCUT2D eigenvalue weighted by Gasteiger charge is 2.54. The van der Waals surface area contributed by atoms with Gasteiger partial charge in [-0.05, 0) is 91.8 Å². The highest BCUT2D eigenvalue weighted by atomic mass is 16.7. The van der Waals surface area contributed by atoms with E-state index in [2.05, 4.69) is 5.32 Å². The van der Waals surface area contributed by atoms with Gasteiger partial charge < -0.3 is 33.4 Å². The van der Waals surface area contributed by atoms with E-state index in [0.717, 1.165) is 23.8 Å². The summed E-state index contributed by atoms with van der Waals surface area (Å²) in [5, 5.41) is 3.81. The summed E-state index contributed by atoms with van der Waals surface area (Å²) in [6.45, 7) is 16.0. The second kappa shape index (κ2) is 8.91. The predicted octanol–water partition coefficient (Wildman–Crippen LogP) is 4.18. The molecule has 2 aromatic rings. The molecule has 206 valence electrons. The van der Waals surface area contributed by atoms with Crippen LogP contribution in [0.15, 0.2) is 16.5 Å². The average molecular weight is 526 g/mol. The number of nitrogens with zero attached hydrogens (tertiary/aromatic N) is 1. The van der Waals surface area contributed by atoms with E-state index < -0.39 is 30.0 Å². The van der Waals surface area contributed by atoms with Crippen LogP contribution in [0.1, 0.15) is 77.2 Å². The standard InChI is InChI=1S/C28H39BN2O7/c1-15-21-19(34-9)12-17(13-20(21)35-23(15)29-37-27(5,6)28(7,8)38-29)24(32)31-14-16-10-11-18(31)22(16)30-25(33)36-26(2,3)4/h12-13,16,18,22H,10-11,14H2,1-9H3,(H,30,33)/t16?,18?,22-/m1/s1. The second-order valence-corrected chi connectivity index (χ2v) is 12.8. The van der Waals surface area contributed by atoms with E-state index in [1.807, 2.05) is 60.3 Å². The van der Waals surface area contributed by atoms with Gasteiger partial charge in [0.2, 0.25) is 0 Å². The number of amides is 2. The number of hydrogen-bond donors (Lipinski definition) is 1. The van der Waals surface area contributed by atoms with Gasteiger partial charge in [0.05, 0.1) is 35.8 Å². The summed E-state index contributed by atoms with van der Waals surface area (Å²) in [6.07, 6.45) is 1.35. The Kier molecular flexibility index (Phi) is 6.30. The Morgan fingerprint density at radius 2 is 1.76 bits per heavy atom. The number of alkyl carbamates (subject to hydrolysis) is 1. The molecule has 3 aliphatic rings. The number of rotatable bonds is 4. The molecule has 2 saturated heterocycles. The average Bonchev–Trinajstić information content (AvgIpc) is 3.51. The van der Waals surface area contributed by atoms with Crippen LogP contribution < -0.4 is 15.7 Å². The fourth-order valence-electron chi connectivity index (χ4n) is 5.88. The summed E-state index contributed by atoms with van der Waals surface area (Å²) >= 11 is 0. The Bertz CT molecular complexity index is 1260. The van der Waals surface area contributed by atoms with Crippen LogP contribution in [0.2, 0.25) is 0 Å². The van der Waals surface area contributed by atoms with Gasteiger partial charge in [-0.15, -0.1) is 0 Å². The lowest BCUT2D eigenvalue weighted by molar-refractivity contribution is 0.00578. The highest BCUT2D eigenvalue weighted by molar-refractivity contribution is 6.61. The summed E-state index contributed by atoms with van der Waals surface area (Å²) in [6, 6.07) is 3.33. The normalized spacial score (nSPS) is 25.8. The molecule has 9 nitrogen and oxygen atoms in total. The summed E-state index contributed by atoms with van der Waals surface area (Å²) < 4.78 is 29.9. The molecule has 0 spiro atoms. The van der Waals surface area contributed by atoms with E-state index in [1.165, 1.54) is 0 Å². The van der Waals surface area contributed by atoms with Crippen LogP contribution in [-0.2, 0) is 14.0 Å². The number of aryl methyl sites for hydroxylation is 1. The lowest BCUT2D eigenvalue weighted by Gasteiger charge is -2.32. The van der Waals surface area contributed by atoms with E-state index in [4.69, 9.17) is 23.2 Å². The fraction of sp³-hybridized carbons (Fsp3) is 0.643. The Hall–Kier alpha value is -2.72. The molecule has 3 atom stereocenters. The largest absolute Gasteiger partial charge is 0.533 e. The molecule has 2 aliphatic heterocycles. The first-order valence-corrected chi connectivity index (χ1v) is 13.4. The molecule has 5 rings (SSSR count). The molecule has 1 aliphatic carbocycles. The van der Waals surface area contributed by atoms with Crippen molar-refractivity contribution in [1.82, 2.24) is 10.2 Å². The van der Waals surface area contributed by atoms with Crippen LogP contribution in [0, 0.1) is 12.8 Å². The van der Waals surface area contributed by atoms with Gasteiger partial charge in [0.15, 0.2) is 0 Å². The lowest BCUT2D eigenvalue weighted by Crippen LogP contribution is -2.46. The summed E-state index contributed by atoms with van der Waals surface area (Å²) in [7, 11) is 0.924. The fourth-order valence-corrected chi connectivity index (χ4v) is 5.88. The van der Waals surface area contributed by atoms with Crippen molar-refractivity contribution < 1.29 is 32.8 Å². The van der Waals surface area contributed by atoms with Crippen LogP contribution in [0.3, 0.4) is 0 Å². The molecule has 3 heterocycles. The van der Waals surface area contributed by atoms with Gasteiger partial charge in [-0.2, -0.15) is 0 Å². The molecule has 2 amide bonds. The van der Waals surface area contributed by atoms with E-state index >= 15 is 0 Å². The number of hydrogen-bond acceptors (Lipinski definition) is 7. The zero-order valence-electron chi connectivity index (χ0n) is 23.9. The maximum atomic E-state index is 13.8. The number of benzene rings is 1. The van der Waals surface area contributed by atoms with Crippen LogP contribution in [-0.4, -0.2) is 66.6 Å². The Labute approximate surface area is 224 Å². The first-order valence-electron chi connectivity index (χ1n) is 13.4. The van der Waals surface area contributed by atoms with Crippen LogP contribution in [0.25, 0.3) is 11.0 Å². The first-order chi connectivity index (χ1) is 17.6. The summed E-state index contributed by atoms with van der Waals surface area (Å²) in [5.41, 5.74) is 0.860. The van der Waals surface area contributed by atoms with E-state index in [9.17, 15) is 9.59 Å². The number of methoxy groups -OCH3 is 1. The number of fused-ring (bicyclic) bond motifs is 3. The number of likely N-dealkylation sites (tertiary alicyclic amines) is 1. The van der Waals surface area contributed by atoms with Gasteiger partial charge in [0.25, 0.3) is 5.91 Å². The third kappa shape index (κ3) is 4.45. The smallest absolute Gasteiger partial charge is 0.496 e. The summed E-state index contributed by atoms with van der Waals surface area (Å²) in [5.74, 6) is 0.644. The molecule has 1 aromatic carbocycles. The summed E-state index contributed by atoms with van der Waals surface area (Å²) in [4.78, 5) is 28.1. The van der Waals surface area contributed by atoms with Crippen LogP contribution >= 0.6 is 0 Å². The minimum atomic E-state index is -0.662. The topological polar surface area (TPSA) is 99.5 Å². The first kappa shape index (κ1) is 26.9. The second-order valence-electron chi connectivity index (χ2n) is 12.8. The predicted molar refractivity (Wildman–Crippen MR) is 144 cm³/mol. The number of carbonyl (C=O) groups excluding carboxylic acids is 2. The third-order valence-electron chi connectivity index (χ3n) is 8.50. The van der Waals surface area contributed by atoms with Gasteiger partial charge in [0.1, 0.15) is 22.6 Å². The molecular formula is C28H39BN2O7. The zero-order valence-corrected chi connectivity index (χ0v) is 23.9. The Morgan fingerprint density at radius 1 is 1.11 bits per heavy atom. The maximum absolute atomic E-state index is 13.8. The Morgan fingerprint density at radius 3 is 2.37 bits per heavy atom. The minimum Gasteiger partial charge on any atom is -0.496 e. The van der Waals surface area contributed by atoms with Crippen molar-refractivity contribution >= 4 is 35.7 Å². The molecule has 38 heavy (non-hydrogen) atoms. The van der Waals surface area contributed by atoms with Crippen molar-refractivity contribution in [3.63, 3.8) is 0 Å². The zero-order chi connectivity index (χ0) is 27.8. The maximum Gasteiger partial charge on any atom is 0.533 e. The quantitative estimate of drug-likeness (QED) is 0.597. The SMILES string of the molecule is COc1cc(C(=O)N2CC3CCC2[C@@H]3NC(=O)OC(C)(C)C)cc2oc(B3OC(C)(C)C(C)(C)O3)c(C)c12. The Balaban J connectivity index is 1.41. The highest BCUT2D eigenvalue weighted by Crippen LogP contribution is 2.41. The lowest BCUT2D eigenvalue weighted by atomic mass is 9.83. The molecule has 1 N–H and O–H groups in total. The third-order valence-corrected chi connectivity index (χ3v) is 8.50. The molecule has 1 aromatic heterocycles.